The van der Waals surface area contributed by atoms with Crippen molar-refractivity contribution in [1.82, 2.24) is 0 Å². The summed E-state index contributed by atoms with van der Waals surface area (Å²) < 4.78 is 12.7. The molecule has 1 aromatic carbocycles. The molecule has 0 spiro atoms. The smallest absolute Gasteiger partial charge is 0.143 e. The van der Waals surface area contributed by atoms with E-state index in [9.17, 15) is 4.39 Å². The van der Waals surface area contributed by atoms with Crippen molar-refractivity contribution in [3.63, 3.8) is 0 Å². The van der Waals surface area contributed by atoms with Crippen molar-refractivity contribution in [2.75, 3.05) is 0 Å². The summed E-state index contributed by atoms with van der Waals surface area (Å²) in [5.41, 5.74) is 0.664. The zero-order chi connectivity index (χ0) is 7.40. The Labute approximate surface area is 60.0 Å². The predicted molar refractivity (Wildman–Crippen MR) is 40.5 cm³/mol. The SMILES string of the molecule is C=CC(F)c1ccccc1. The largest absolute Gasteiger partial charge is 0.238 e. The molecule has 10 heavy (non-hydrogen) atoms. The molecule has 52 valence electrons. The summed E-state index contributed by atoms with van der Waals surface area (Å²) in [6, 6.07) is 8.97. The average Bonchev–Trinajstić information content (AvgIpc) is 2.05. The summed E-state index contributed by atoms with van der Waals surface area (Å²) in [4.78, 5) is 0. The van der Waals surface area contributed by atoms with Crippen LogP contribution in [0.5, 0.6) is 0 Å². The third-order valence-corrected chi connectivity index (χ3v) is 1.32. The van der Waals surface area contributed by atoms with Gasteiger partial charge in [-0.05, 0) is 5.56 Å². The van der Waals surface area contributed by atoms with Gasteiger partial charge in [-0.2, -0.15) is 0 Å². The minimum Gasteiger partial charge on any atom is -0.238 e. The number of hydrogen-bond acceptors (Lipinski definition) is 0. The molecule has 1 aromatic rings. The van der Waals surface area contributed by atoms with Gasteiger partial charge in [-0.1, -0.05) is 43.0 Å². The van der Waals surface area contributed by atoms with Crippen LogP contribution in [0.25, 0.3) is 0 Å². The second-order valence-corrected chi connectivity index (χ2v) is 2.05. The molecule has 1 rings (SSSR count). The molecule has 0 aliphatic carbocycles. The molecule has 0 heterocycles. The van der Waals surface area contributed by atoms with Gasteiger partial charge in [0.05, 0.1) is 0 Å². The highest BCUT2D eigenvalue weighted by Crippen LogP contribution is 2.16. The van der Waals surface area contributed by atoms with Gasteiger partial charge < -0.3 is 0 Å². The third-order valence-electron chi connectivity index (χ3n) is 1.32. The van der Waals surface area contributed by atoms with Crippen LogP contribution in [0.3, 0.4) is 0 Å². The average molecular weight is 136 g/mol. The van der Waals surface area contributed by atoms with Crippen molar-refractivity contribution in [1.29, 1.82) is 0 Å². The van der Waals surface area contributed by atoms with E-state index in [0.29, 0.717) is 5.56 Å². The standard InChI is InChI=1S/C9H9F/c1-2-9(10)8-6-4-3-5-7-8/h2-7,9H,1H2. The van der Waals surface area contributed by atoms with Crippen LogP contribution in [0.15, 0.2) is 43.0 Å². The Morgan fingerprint density at radius 1 is 1.30 bits per heavy atom. The first-order chi connectivity index (χ1) is 4.84. The third kappa shape index (κ3) is 1.44. The van der Waals surface area contributed by atoms with E-state index in [4.69, 9.17) is 0 Å². The summed E-state index contributed by atoms with van der Waals surface area (Å²) in [6.07, 6.45) is 0.260. The first kappa shape index (κ1) is 7.00. The summed E-state index contributed by atoms with van der Waals surface area (Å²) in [7, 11) is 0. The van der Waals surface area contributed by atoms with Gasteiger partial charge in [-0.3, -0.25) is 0 Å². The highest BCUT2D eigenvalue weighted by molar-refractivity contribution is 5.20. The minimum absolute atomic E-state index is 0.664. The fourth-order valence-electron chi connectivity index (χ4n) is 0.773. The monoisotopic (exact) mass is 136 g/mol. The lowest BCUT2D eigenvalue weighted by Gasteiger charge is -1.99. The van der Waals surface area contributed by atoms with Crippen LogP contribution in [-0.4, -0.2) is 0 Å². The van der Waals surface area contributed by atoms with Gasteiger partial charge >= 0.3 is 0 Å². The number of rotatable bonds is 2. The number of halogens is 1. The first-order valence-electron chi connectivity index (χ1n) is 3.16. The highest BCUT2D eigenvalue weighted by atomic mass is 19.1. The summed E-state index contributed by atoms with van der Waals surface area (Å²) in [5, 5.41) is 0. The van der Waals surface area contributed by atoms with Gasteiger partial charge in [0.1, 0.15) is 6.17 Å². The quantitative estimate of drug-likeness (QED) is 0.548. The number of benzene rings is 1. The Balaban J connectivity index is 2.84. The Bertz CT molecular complexity index is 203. The maximum atomic E-state index is 12.7. The van der Waals surface area contributed by atoms with Crippen molar-refractivity contribution in [2.24, 2.45) is 0 Å². The molecule has 0 amide bonds. The molecular weight excluding hydrogens is 127 g/mol. The molecule has 1 unspecified atom stereocenters. The molecule has 0 aliphatic rings. The Morgan fingerprint density at radius 3 is 2.40 bits per heavy atom. The maximum Gasteiger partial charge on any atom is 0.143 e. The number of alkyl halides is 1. The zero-order valence-electron chi connectivity index (χ0n) is 5.63. The van der Waals surface area contributed by atoms with Crippen LogP contribution in [0, 0.1) is 0 Å². The molecule has 1 heteroatoms. The second-order valence-electron chi connectivity index (χ2n) is 2.05. The van der Waals surface area contributed by atoms with Crippen molar-refractivity contribution < 1.29 is 4.39 Å². The van der Waals surface area contributed by atoms with E-state index < -0.39 is 6.17 Å². The molecule has 0 radical (unpaired) electrons. The molecule has 0 aromatic heterocycles. The summed E-state index contributed by atoms with van der Waals surface area (Å²) >= 11 is 0. The van der Waals surface area contributed by atoms with Gasteiger partial charge in [-0.15, -0.1) is 0 Å². The lowest BCUT2D eigenvalue weighted by molar-refractivity contribution is 0.415. The van der Waals surface area contributed by atoms with E-state index in [1.807, 2.05) is 18.2 Å². The highest BCUT2D eigenvalue weighted by Gasteiger charge is 2.00. The van der Waals surface area contributed by atoms with E-state index >= 15 is 0 Å². The fourth-order valence-corrected chi connectivity index (χ4v) is 0.773. The normalized spacial score (nSPS) is 12.5. The van der Waals surface area contributed by atoms with Crippen molar-refractivity contribution in [3.05, 3.63) is 48.6 Å². The topological polar surface area (TPSA) is 0 Å². The van der Waals surface area contributed by atoms with Gasteiger partial charge in [0, 0.05) is 0 Å². The molecule has 0 saturated heterocycles. The lowest BCUT2D eigenvalue weighted by atomic mass is 10.1. The summed E-state index contributed by atoms with van der Waals surface area (Å²) in [5.74, 6) is 0. The van der Waals surface area contributed by atoms with Crippen LogP contribution in [0.2, 0.25) is 0 Å². The molecular formula is C9H9F. The van der Waals surface area contributed by atoms with E-state index in [-0.39, 0.29) is 0 Å². The fraction of sp³-hybridized carbons (Fsp3) is 0.111. The molecule has 0 saturated carbocycles. The lowest BCUT2D eigenvalue weighted by Crippen LogP contribution is -1.83. The first-order valence-corrected chi connectivity index (χ1v) is 3.16. The van der Waals surface area contributed by atoms with E-state index in [1.54, 1.807) is 12.1 Å². The Hall–Kier alpha value is -1.11. The van der Waals surface area contributed by atoms with Crippen molar-refractivity contribution in [2.45, 2.75) is 6.17 Å². The van der Waals surface area contributed by atoms with Gasteiger partial charge in [0.2, 0.25) is 0 Å². The number of allylic oxidation sites excluding steroid dienone is 1. The van der Waals surface area contributed by atoms with E-state index in [1.165, 1.54) is 6.08 Å². The van der Waals surface area contributed by atoms with Crippen LogP contribution < -0.4 is 0 Å². The van der Waals surface area contributed by atoms with Gasteiger partial charge in [-0.25, -0.2) is 4.39 Å². The molecule has 0 fully saturated rings. The zero-order valence-corrected chi connectivity index (χ0v) is 5.63. The molecule has 0 bridgehead atoms. The molecule has 0 aliphatic heterocycles. The second kappa shape index (κ2) is 3.16. The van der Waals surface area contributed by atoms with Crippen LogP contribution in [0.4, 0.5) is 4.39 Å². The van der Waals surface area contributed by atoms with Gasteiger partial charge in [0.25, 0.3) is 0 Å². The Morgan fingerprint density at radius 2 is 1.90 bits per heavy atom. The Kier molecular flexibility index (Phi) is 2.21. The van der Waals surface area contributed by atoms with E-state index in [2.05, 4.69) is 6.58 Å². The van der Waals surface area contributed by atoms with Crippen LogP contribution >= 0.6 is 0 Å². The molecule has 1 atom stereocenters. The van der Waals surface area contributed by atoms with Crippen LogP contribution in [-0.2, 0) is 0 Å². The van der Waals surface area contributed by atoms with Gasteiger partial charge in [0.15, 0.2) is 0 Å². The summed E-state index contributed by atoms with van der Waals surface area (Å²) in [6.45, 7) is 3.36. The van der Waals surface area contributed by atoms with Crippen molar-refractivity contribution >= 4 is 0 Å². The number of hydrogen-bond donors (Lipinski definition) is 0. The molecule has 0 nitrogen and oxygen atoms in total. The molecule has 0 N–H and O–H groups in total. The van der Waals surface area contributed by atoms with E-state index in [0.717, 1.165) is 0 Å². The predicted octanol–water partition coefficient (Wildman–Crippen LogP) is 2.88. The maximum absolute atomic E-state index is 12.7. The van der Waals surface area contributed by atoms with Crippen molar-refractivity contribution in [3.8, 4) is 0 Å². The minimum atomic E-state index is -1.03. The van der Waals surface area contributed by atoms with Crippen LogP contribution in [0.1, 0.15) is 11.7 Å².